The van der Waals surface area contributed by atoms with Crippen LogP contribution in [0.15, 0.2) is 0 Å². The van der Waals surface area contributed by atoms with Crippen molar-refractivity contribution < 1.29 is 18.0 Å². The highest BCUT2D eigenvalue weighted by Gasteiger charge is 2.40. The molecule has 3 aliphatic rings. The quantitative estimate of drug-likeness (QED) is 0.785. The molecule has 0 radical (unpaired) electrons. The van der Waals surface area contributed by atoms with Gasteiger partial charge in [0.15, 0.2) is 0 Å². The van der Waals surface area contributed by atoms with Gasteiger partial charge in [-0.25, -0.2) is 13.1 Å². The summed E-state index contributed by atoms with van der Waals surface area (Å²) in [5, 5.41) is 0. The van der Waals surface area contributed by atoms with Gasteiger partial charge in [0.05, 0.1) is 12.2 Å². The maximum Gasteiger partial charge on any atom is 0.227 e. The number of carbonyl (C=O) groups is 2. The minimum absolute atomic E-state index is 0.0571. The van der Waals surface area contributed by atoms with Gasteiger partial charge in [0.1, 0.15) is 0 Å². The molecule has 1 atom stereocenters. The second kappa shape index (κ2) is 7.00. The second-order valence-corrected chi connectivity index (χ2v) is 9.16. The average Bonchev–Trinajstić information content (AvgIpc) is 3.14. The molecule has 2 saturated heterocycles. The Morgan fingerprint density at radius 1 is 1.12 bits per heavy atom. The number of nitrogens with one attached hydrogen (secondary N) is 1. The van der Waals surface area contributed by atoms with Gasteiger partial charge in [0, 0.05) is 38.1 Å². The predicted molar refractivity (Wildman–Crippen MR) is 89.7 cm³/mol. The molecule has 0 unspecified atom stereocenters. The fourth-order valence-electron chi connectivity index (χ4n) is 4.24. The zero-order valence-electron chi connectivity index (χ0n) is 14.2. The van der Waals surface area contributed by atoms with Crippen LogP contribution in [0.3, 0.4) is 0 Å². The van der Waals surface area contributed by atoms with E-state index < -0.39 is 10.0 Å². The molecule has 1 N–H and O–H groups in total. The number of rotatable bonds is 4. The average molecular weight is 357 g/mol. The van der Waals surface area contributed by atoms with Crippen LogP contribution in [0.4, 0.5) is 0 Å². The minimum atomic E-state index is -3.21. The SMILES string of the molecule is CS(=O)(=O)NC1CCN(C(=O)[C@@H]2CC(=O)N(C3CCCC3)C2)CC1. The van der Waals surface area contributed by atoms with Crippen LogP contribution in [-0.4, -0.2) is 68.0 Å². The topological polar surface area (TPSA) is 86.8 Å². The highest BCUT2D eigenvalue weighted by atomic mass is 32.2. The van der Waals surface area contributed by atoms with Crippen LogP contribution in [0.5, 0.6) is 0 Å². The highest BCUT2D eigenvalue weighted by Crippen LogP contribution is 2.30. The monoisotopic (exact) mass is 357 g/mol. The number of nitrogens with zero attached hydrogens (tertiary/aromatic N) is 2. The van der Waals surface area contributed by atoms with Crippen molar-refractivity contribution in [1.82, 2.24) is 14.5 Å². The summed E-state index contributed by atoms with van der Waals surface area (Å²) in [5.41, 5.74) is 0. The van der Waals surface area contributed by atoms with Crippen LogP contribution < -0.4 is 4.72 Å². The molecule has 2 heterocycles. The van der Waals surface area contributed by atoms with Gasteiger partial charge in [0.25, 0.3) is 0 Å². The molecule has 136 valence electrons. The van der Waals surface area contributed by atoms with Crippen molar-refractivity contribution in [3.63, 3.8) is 0 Å². The number of piperidine rings is 1. The summed E-state index contributed by atoms with van der Waals surface area (Å²) in [7, 11) is -3.21. The number of hydrogen-bond donors (Lipinski definition) is 1. The first-order valence-corrected chi connectivity index (χ1v) is 10.8. The van der Waals surface area contributed by atoms with Crippen molar-refractivity contribution in [3.05, 3.63) is 0 Å². The summed E-state index contributed by atoms with van der Waals surface area (Å²) in [6.07, 6.45) is 7.23. The largest absolute Gasteiger partial charge is 0.342 e. The maximum absolute atomic E-state index is 12.7. The van der Waals surface area contributed by atoms with Gasteiger partial charge in [0.2, 0.25) is 21.8 Å². The van der Waals surface area contributed by atoms with Crippen LogP contribution in [0.2, 0.25) is 0 Å². The summed E-state index contributed by atoms with van der Waals surface area (Å²) in [6.45, 7) is 1.67. The van der Waals surface area contributed by atoms with Crippen LogP contribution in [0.25, 0.3) is 0 Å². The van der Waals surface area contributed by atoms with E-state index in [9.17, 15) is 18.0 Å². The van der Waals surface area contributed by atoms with Gasteiger partial charge < -0.3 is 9.80 Å². The van der Waals surface area contributed by atoms with E-state index in [0.29, 0.717) is 44.9 Å². The molecule has 3 rings (SSSR count). The molecule has 1 aliphatic carbocycles. The van der Waals surface area contributed by atoms with E-state index in [1.54, 1.807) is 4.90 Å². The van der Waals surface area contributed by atoms with Gasteiger partial charge in [-0.05, 0) is 25.7 Å². The smallest absolute Gasteiger partial charge is 0.227 e. The van der Waals surface area contributed by atoms with E-state index in [2.05, 4.69) is 4.72 Å². The molecular weight excluding hydrogens is 330 g/mol. The predicted octanol–water partition coefficient (Wildman–Crippen LogP) is 0.318. The Hall–Kier alpha value is -1.15. The summed E-state index contributed by atoms with van der Waals surface area (Å²) >= 11 is 0. The van der Waals surface area contributed by atoms with E-state index in [1.165, 1.54) is 12.8 Å². The maximum atomic E-state index is 12.7. The van der Waals surface area contributed by atoms with Crippen molar-refractivity contribution in [2.75, 3.05) is 25.9 Å². The number of carbonyl (C=O) groups excluding carboxylic acids is 2. The normalized spacial score (nSPS) is 27.2. The molecule has 7 nitrogen and oxygen atoms in total. The van der Waals surface area contributed by atoms with E-state index in [-0.39, 0.29) is 23.8 Å². The molecule has 0 aromatic carbocycles. The Balaban J connectivity index is 1.51. The minimum Gasteiger partial charge on any atom is -0.342 e. The summed E-state index contributed by atoms with van der Waals surface area (Å²) in [6, 6.07) is 0.240. The summed E-state index contributed by atoms with van der Waals surface area (Å²) in [4.78, 5) is 28.7. The lowest BCUT2D eigenvalue weighted by Crippen LogP contribution is -2.48. The van der Waals surface area contributed by atoms with Gasteiger partial charge in [-0.2, -0.15) is 0 Å². The third kappa shape index (κ3) is 4.08. The standard InChI is InChI=1S/C16H27N3O4S/c1-24(22,23)17-13-6-8-18(9-7-13)16(21)12-10-15(20)19(11-12)14-4-2-3-5-14/h12-14,17H,2-11H2,1H3/t12-/m1/s1. The summed E-state index contributed by atoms with van der Waals surface area (Å²) < 4.78 is 25.2. The zero-order valence-corrected chi connectivity index (χ0v) is 15.1. The fourth-order valence-corrected chi connectivity index (χ4v) is 5.09. The molecule has 2 aliphatic heterocycles. The van der Waals surface area contributed by atoms with Crippen LogP contribution in [-0.2, 0) is 19.6 Å². The van der Waals surface area contributed by atoms with Crippen LogP contribution >= 0.6 is 0 Å². The summed E-state index contributed by atoms with van der Waals surface area (Å²) in [5.74, 6) is -0.0481. The molecule has 0 spiro atoms. The molecule has 0 aromatic heterocycles. The number of likely N-dealkylation sites (tertiary alicyclic amines) is 2. The molecule has 3 fully saturated rings. The van der Waals surface area contributed by atoms with E-state index in [0.717, 1.165) is 19.1 Å². The Morgan fingerprint density at radius 2 is 1.75 bits per heavy atom. The molecule has 24 heavy (non-hydrogen) atoms. The Labute approximate surface area is 143 Å². The van der Waals surface area contributed by atoms with Gasteiger partial charge in [-0.1, -0.05) is 12.8 Å². The zero-order chi connectivity index (χ0) is 17.3. The van der Waals surface area contributed by atoms with Crippen molar-refractivity contribution in [2.45, 2.75) is 57.0 Å². The number of sulfonamides is 1. The number of hydrogen-bond acceptors (Lipinski definition) is 4. The third-order valence-electron chi connectivity index (χ3n) is 5.46. The van der Waals surface area contributed by atoms with Crippen molar-refractivity contribution in [3.8, 4) is 0 Å². The van der Waals surface area contributed by atoms with E-state index in [4.69, 9.17) is 0 Å². The van der Waals surface area contributed by atoms with E-state index >= 15 is 0 Å². The third-order valence-corrected chi connectivity index (χ3v) is 6.22. The second-order valence-electron chi connectivity index (χ2n) is 7.38. The molecule has 2 amide bonds. The van der Waals surface area contributed by atoms with Crippen LogP contribution in [0.1, 0.15) is 44.9 Å². The lowest BCUT2D eigenvalue weighted by Gasteiger charge is -2.33. The Bertz CT molecular complexity index is 592. The van der Waals surface area contributed by atoms with Crippen molar-refractivity contribution in [2.24, 2.45) is 5.92 Å². The van der Waals surface area contributed by atoms with Crippen LogP contribution in [0, 0.1) is 5.92 Å². The number of amides is 2. The highest BCUT2D eigenvalue weighted by molar-refractivity contribution is 7.88. The van der Waals surface area contributed by atoms with E-state index in [1.807, 2.05) is 4.90 Å². The Kier molecular flexibility index (Phi) is 5.15. The first-order valence-electron chi connectivity index (χ1n) is 8.89. The van der Waals surface area contributed by atoms with Gasteiger partial charge in [-0.15, -0.1) is 0 Å². The van der Waals surface area contributed by atoms with Gasteiger partial charge >= 0.3 is 0 Å². The lowest BCUT2D eigenvalue weighted by molar-refractivity contribution is -0.136. The van der Waals surface area contributed by atoms with Crippen molar-refractivity contribution >= 4 is 21.8 Å². The molecular formula is C16H27N3O4S. The lowest BCUT2D eigenvalue weighted by atomic mass is 10.0. The fraction of sp³-hybridized carbons (Fsp3) is 0.875. The molecule has 0 aromatic rings. The Morgan fingerprint density at radius 3 is 2.33 bits per heavy atom. The molecule has 8 heteroatoms. The molecule has 1 saturated carbocycles. The first kappa shape index (κ1) is 17.7. The molecule has 0 bridgehead atoms. The van der Waals surface area contributed by atoms with Gasteiger partial charge in [-0.3, -0.25) is 9.59 Å². The van der Waals surface area contributed by atoms with Crippen molar-refractivity contribution in [1.29, 1.82) is 0 Å². The first-order chi connectivity index (χ1) is 11.3.